The second-order valence-electron chi connectivity index (χ2n) is 7.66. The van der Waals surface area contributed by atoms with E-state index in [1.165, 1.54) is 43.1 Å². The van der Waals surface area contributed by atoms with E-state index in [-0.39, 0.29) is 6.10 Å². The molecule has 160 valence electrons. The van der Waals surface area contributed by atoms with E-state index in [9.17, 15) is 8.42 Å². The highest BCUT2D eigenvalue weighted by atomic mass is 32.2. The van der Waals surface area contributed by atoms with Crippen molar-refractivity contribution in [1.29, 1.82) is 0 Å². The highest BCUT2D eigenvalue weighted by molar-refractivity contribution is 7.90. The van der Waals surface area contributed by atoms with Gasteiger partial charge in [-0.25, -0.2) is 0 Å². The Morgan fingerprint density at radius 1 is 1.07 bits per heavy atom. The number of rotatable bonds is 13. The molecular weight excluding hydrogens is 374 g/mol. The highest BCUT2D eigenvalue weighted by Crippen LogP contribution is 2.19. The number of para-hydroxylation sites is 1. The Hall–Kier alpha value is -1.15. The van der Waals surface area contributed by atoms with Crippen LogP contribution >= 0.6 is 0 Å². The van der Waals surface area contributed by atoms with Crippen LogP contribution < -0.4 is 4.72 Å². The lowest BCUT2D eigenvalue weighted by molar-refractivity contribution is 0.0193. The van der Waals surface area contributed by atoms with E-state index in [1.807, 2.05) is 18.2 Å². The first-order valence-corrected chi connectivity index (χ1v) is 12.1. The number of hydrogen-bond acceptors (Lipinski definition) is 4. The maximum absolute atomic E-state index is 12.5. The van der Waals surface area contributed by atoms with E-state index < -0.39 is 10.2 Å². The minimum absolute atomic E-state index is 0.180. The fourth-order valence-electron chi connectivity index (χ4n) is 3.54. The van der Waals surface area contributed by atoms with E-state index in [4.69, 9.17) is 4.74 Å². The van der Waals surface area contributed by atoms with Crippen LogP contribution in [0.1, 0.15) is 51.9 Å². The van der Waals surface area contributed by atoms with Gasteiger partial charge in [0.2, 0.25) is 0 Å². The van der Waals surface area contributed by atoms with Crippen molar-refractivity contribution in [3.63, 3.8) is 0 Å². The number of piperidine rings is 1. The van der Waals surface area contributed by atoms with Gasteiger partial charge in [0.1, 0.15) is 0 Å². The van der Waals surface area contributed by atoms with Gasteiger partial charge in [0.05, 0.1) is 6.10 Å². The largest absolute Gasteiger partial charge is 0.378 e. The molecule has 0 amide bonds. The normalized spacial score (nSPS) is 16.5. The molecule has 1 aromatic rings. The molecule has 6 nitrogen and oxygen atoms in total. The summed E-state index contributed by atoms with van der Waals surface area (Å²) in [6, 6.07) is 9.03. The second-order valence-corrected chi connectivity index (χ2v) is 9.33. The Labute approximate surface area is 171 Å². The highest BCUT2D eigenvalue weighted by Gasteiger charge is 2.28. The number of unbranched alkanes of at least 4 members (excludes halogenated alkanes) is 3. The molecule has 0 bridgehead atoms. The lowest BCUT2D eigenvalue weighted by Gasteiger charge is -2.31. The van der Waals surface area contributed by atoms with Gasteiger partial charge in [0, 0.05) is 25.4 Å². The standard InChI is InChI=1S/C21H37N3O3S/c1-3-15-23(2)16-9-4-5-10-19-27-21-13-17-24(18-14-21)28(25,26)22-20-11-7-6-8-12-20/h6-8,11-12,21-22H,3-5,9-10,13-19H2,1-2H3. The van der Waals surface area contributed by atoms with Gasteiger partial charge < -0.3 is 9.64 Å². The molecule has 1 heterocycles. The summed E-state index contributed by atoms with van der Waals surface area (Å²) in [5.74, 6) is 0. The van der Waals surface area contributed by atoms with Crippen molar-refractivity contribution >= 4 is 15.9 Å². The molecule has 1 aliphatic heterocycles. The number of ether oxygens (including phenoxy) is 1. The summed E-state index contributed by atoms with van der Waals surface area (Å²) < 4.78 is 35.1. The summed E-state index contributed by atoms with van der Waals surface area (Å²) in [7, 11) is -1.29. The summed E-state index contributed by atoms with van der Waals surface area (Å²) in [5.41, 5.74) is 0.599. The van der Waals surface area contributed by atoms with Crippen molar-refractivity contribution < 1.29 is 13.2 Å². The third-order valence-electron chi connectivity index (χ3n) is 5.15. The zero-order chi connectivity index (χ0) is 20.2. The molecule has 28 heavy (non-hydrogen) atoms. The molecule has 0 radical (unpaired) electrons. The minimum atomic E-state index is -3.48. The van der Waals surface area contributed by atoms with Gasteiger partial charge in [0.25, 0.3) is 0 Å². The zero-order valence-electron chi connectivity index (χ0n) is 17.5. The number of nitrogens with one attached hydrogen (secondary N) is 1. The van der Waals surface area contributed by atoms with Gasteiger partial charge in [0.15, 0.2) is 0 Å². The minimum Gasteiger partial charge on any atom is -0.378 e. The summed E-state index contributed by atoms with van der Waals surface area (Å²) >= 11 is 0. The van der Waals surface area contributed by atoms with Crippen molar-refractivity contribution in [1.82, 2.24) is 9.21 Å². The average molecular weight is 412 g/mol. The predicted octanol–water partition coefficient (Wildman–Crippen LogP) is 3.73. The van der Waals surface area contributed by atoms with Crippen LogP contribution in [-0.4, -0.2) is 63.6 Å². The Balaban J connectivity index is 1.56. The van der Waals surface area contributed by atoms with Gasteiger partial charge in [-0.15, -0.1) is 0 Å². The summed E-state index contributed by atoms with van der Waals surface area (Å²) in [4.78, 5) is 2.39. The van der Waals surface area contributed by atoms with Crippen molar-refractivity contribution in [2.45, 2.75) is 58.0 Å². The molecule has 1 N–H and O–H groups in total. The van der Waals surface area contributed by atoms with Crippen LogP contribution in [0.3, 0.4) is 0 Å². The molecule has 0 aromatic heterocycles. The van der Waals surface area contributed by atoms with Crippen molar-refractivity contribution in [3.8, 4) is 0 Å². The van der Waals surface area contributed by atoms with E-state index >= 15 is 0 Å². The molecule has 1 aliphatic rings. The van der Waals surface area contributed by atoms with Gasteiger partial charge in [-0.05, 0) is 64.4 Å². The number of nitrogens with zero attached hydrogens (tertiary/aromatic N) is 2. The Kier molecular flexibility index (Phi) is 10.3. The van der Waals surface area contributed by atoms with E-state index in [0.29, 0.717) is 18.8 Å². The van der Waals surface area contributed by atoms with Crippen LogP contribution in [0, 0.1) is 0 Å². The lowest BCUT2D eigenvalue weighted by atomic mass is 10.1. The van der Waals surface area contributed by atoms with Crippen molar-refractivity contribution in [2.75, 3.05) is 44.6 Å². The first-order valence-electron chi connectivity index (χ1n) is 10.6. The molecule has 1 fully saturated rings. The number of anilines is 1. The average Bonchev–Trinajstić information content (AvgIpc) is 2.68. The molecule has 0 saturated carbocycles. The van der Waals surface area contributed by atoms with Gasteiger partial charge in [-0.2, -0.15) is 12.7 Å². The summed E-state index contributed by atoms with van der Waals surface area (Å²) in [6.07, 6.45) is 7.71. The molecule has 1 aromatic carbocycles. The maximum atomic E-state index is 12.5. The molecule has 0 unspecified atom stereocenters. The fraction of sp³-hybridized carbons (Fsp3) is 0.714. The second kappa shape index (κ2) is 12.4. The smallest absolute Gasteiger partial charge is 0.301 e. The Morgan fingerprint density at radius 3 is 2.43 bits per heavy atom. The third kappa shape index (κ3) is 8.47. The van der Waals surface area contributed by atoms with Crippen molar-refractivity contribution in [3.05, 3.63) is 30.3 Å². The van der Waals surface area contributed by atoms with E-state index in [2.05, 4.69) is 23.6 Å². The number of benzene rings is 1. The van der Waals surface area contributed by atoms with Crippen LogP contribution in [0.4, 0.5) is 5.69 Å². The van der Waals surface area contributed by atoms with Crippen LogP contribution in [0.15, 0.2) is 30.3 Å². The SMILES string of the molecule is CCCN(C)CCCCCCOC1CCN(S(=O)(=O)Nc2ccccc2)CC1. The van der Waals surface area contributed by atoms with Crippen LogP contribution in [0.5, 0.6) is 0 Å². The Bertz CT molecular complexity index is 632. The quantitative estimate of drug-likeness (QED) is 0.503. The molecular formula is C21H37N3O3S. The molecule has 1 saturated heterocycles. The monoisotopic (exact) mass is 411 g/mol. The first-order chi connectivity index (χ1) is 13.5. The number of hydrogen-bond donors (Lipinski definition) is 1. The first kappa shape index (κ1) is 23.1. The maximum Gasteiger partial charge on any atom is 0.301 e. The molecule has 0 aliphatic carbocycles. The molecule has 0 spiro atoms. The van der Waals surface area contributed by atoms with Gasteiger partial charge in [-0.1, -0.05) is 38.0 Å². The van der Waals surface area contributed by atoms with Crippen LogP contribution in [0.25, 0.3) is 0 Å². The molecule has 0 atom stereocenters. The van der Waals surface area contributed by atoms with Crippen LogP contribution in [0.2, 0.25) is 0 Å². The van der Waals surface area contributed by atoms with E-state index in [1.54, 1.807) is 12.1 Å². The van der Waals surface area contributed by atoms with Crippen molar-refractivity contribution in [2.24, 2.45) is 0 Å². The topological polar surface area (TPSA) is 61.9 Å². The Morgan fingerprint density at radius 2 is 1.75 bits per heavy atom. The zero-order valence-corrected chi connectivity index (χ0v) is 18.3. The summed E-state index contributed by atoms with van der Waals surface area (Å²) in [6.45, 7) is 6.38. The molecule has 7 heteroatoms. The predicted molar refractivity (Wildman–Crippen MR) is 116 cm³/mol. The lowest BCUT2D eigenvalue weighted by Crippen LogP contribution is -2.43. The third-order valence-corrected chi connectivity index (χ3v) is 6.69. The van der Waals surface area contributed by atoms with E-state index in [0.717, 1.165) is 25.9 Å². The summed E-state index contributed by atoms with van der Waals surface area (Å²) in [5, 5.41) is 0. The molecule has 2 rings (SSSR count). The van der Waals surface area contributed by atoms with Crippen LogP contribution in [-0.2, 0) is 14.9 Å². The fourth-order valence-corrected chi connectivity index (χ4v) is 4.79. The van der Waals surface area contributed by atoms with Gasteiger partial charge >= 0.3 is 10.2 Å². The van der Waals surface area contributed by atoms with Gasteiger partial charge in [-0.3, -0.25) is 4.72 Å².